The van der Waals surface area contributed by atoms with E-state index in [0.29, 0.717) is 26.2 Å². The topological polar surface area (TPSA) is 59.1 Å². The van der Waals surface area contributed by atoms with Crippen molar-refractivity contribution in [2.24, 2.45) is 0 Å². The van der Waals surface area contributed by atoms with Crippen LogP contribution in [0.15, 0.2) is 24.3 Å². The zero-order chi connectivity index (χ0) is 19.3. The van der Waals surface area contributed by atoms with Gasteiger partial charge in [-0.1, -0.05) is 18.2 Å². The predicted molar refractivity (Wildman–Crippen MR) is 95.2 cm³/mol. The van der Waals surface area contributed by atoms with Gasteiger partial charge in [0.15, 0.2) is 0 Å². The van der Waals surface area contributed by atoms with E-state index in [1.807, 2.05) is 25.7 Å². The van der Waals surface area contributed by atoms with Crippen LogP contribution in [0.25, 0.3) is 0 Å². The normalized spacial score (nSPS) is 16.9. The Kier molecular flexibility index (Phi) is 6.58. The lowest BCUT2D eigenvalue weighted by Crippen LogP contribution is -2.52. The summed E-state index contributed by atoms with van der Waals surface area (Å²) in [6, 6.07) is 5.38. The zero-order valence-electron chi connectivity index (χ0n) is 15.8. The smallest absolute Gasteiger partial charge is 0.410 e. The first-order valence-corrected chi connectivity index (χ1v) is 8.86. The van der Waals surface area contributed by atoms with E-state index in [2.05, 4.69) is 0 Å². The Morgan fingerprint density at radius 2 is 1.77 bits per heavy atom. The highest BCUT2D eigenvalue weighted by Gasteiger charge is 2.35. The quantitative estimate of drug-likeness (QED) is 0.767. The van der Waals surface area contributed by atoms with Gasteiger partial charge in [-0.3, -0.25) is 4.90 Å². The number of carbonyl (C=O) groups excluding carboxylic acids is 2. The van der Waals surface area contributed by atoms with Gasteiger partial charge in [-0.15, -0.1) is 0 Å². The number of esters is 1. The molecule has 1 aromatic rings. The monoisotopic (exact) mass is 366 g/mol. The van der Waals surface area contributed by atoms with Crippen molar-refractivity contribution in [2.75, 3.05) is 32.8 Å². The molecule has 1 saturated heterocycles. The third-order valence-electron chi connectivity index (χ3n) is 4.04. The first-order chi connectivity index (χ1) is 12.2. The highest BCUT2D eigenvalue weighted by Crippen LogP contribution is 2.26. The third-order valence-corrected chi connectivity index (χ3v) is 4.04. The summed E-state index contributed by atoms with van der Waals surface area (Å²) in [7, 11) is 0. The number of rotatable bonds is 4. The summed E-state index contributed by atoms with van der Waals surface area (Å²) in [5.41, 5.74) is -0.272. The molecule has 1 aromatic carbocycles. The molecule has 1 fully saturated rings. The Bertz CT molecular complexity index is 637. The number of halogens is 1. The summed E-state index contributed by atoms with van der Waals surface area (Å²) in [4.78, 5) is 28.1. The number of amides is 1. The molecule has 7 heteroatoms. The van der Waals surface area contributed by atoms with Gasteiger partial charge in [0.25, 0.3) is 0 Å². The first kappa shape index (κ1) is 20.2. The fourth-order valence-corrected chi connectivity index (χ4v) is 2.88. The van der Waals surface area contributed by atoms with Gasteiger partial charge in [-0.05, 0) is 33.8 Å². The van der Waals surface area contributed by atoms with Crippen LogP contribution in [0.5, 0.6) is 0 Å². The number of hydrogen-bond donors (Lipinski definition) is 0. The van der Waals surface area contributed by atoms with E-state index in [0.717, 1.165) is 0 Å². The molecule has 0 aromatic heterocycles. The molecule has 2 rings (SSSR count). The second-order valence-corrected chi connectivity index (χ2v) is 7.18. The molecule has 1 aliphatic heterocycles. The number of carbonyl (C=O) groups is 2. The van der Waals surface area contributed by atoms with Crippen LogP contribution in [-0.4, -0.2) is 60.2 Å². The van der Waals surface area contributed by atoms with Crippen LogP contribution in [0.3, 0.4) is 0 Å². The molecular weight excluding hydrogens is 339 g/mol. The van der Waals surface area contributed by atoms with Crippen molar-refractivity contribution in [2.45, 2.75) is 39.3 Å². The van der Waals surface area contributed by atoms with Crippen molar-refractivity contribution in [3.05, 3.63) is 35.6 Å². The first-order valence-electron chi connectivity index (χ1n) is 8.86. The van der Waals surface area contributed by atoms with Crippen molar-refractivity contribution in [3.8, 4) is 0 Å². The maximum Gasteiger partial charge on any atom is 0.410 e. The molecule has 1 amide bonds. The Labute approximate surface area is 153 Å². The lowest BCUT2D eigenvalue weighted by molar-refractivity contribution is -0.150. The summed E-state index contributed by atoms with van der Waals surface area (Å²) in [6.45, 7) is 9.05. The van der Waals surface area contributed by atoms with E-state index in [4.69, 9.17) is 9.47 Å². The predicted octanol–water partition coefficient (Wildman–Crippen LogP) is 2.98. The Morgan fingerprint density at radius 3 is 2.31 bits per heavy atom. The molecule has 0 spiro atoms. The van der Waals surface area contributed by atoms with Crippen LogP contribution in [0.4, 0.5) is 9.18 Å². The van der Waals surface area contributed by atoms with Gasteiger partial charge in [0, 0.05) is 31.7 Å². The van der Waals surface area contributed by atoms with Crippen LogP contribution in [-0.2, 0) is 14.3 Å². The molecule has 1 atom stereocenters. The van der Waals surface area contributed by atoms with Crippen molar-refractivity contribution >= 4 is 12.1 Å². The molecule has 26 heavy (non-hydrogen) atoms. The van der Waals surface area contributed by atoms with Crippen LogP contribution in [0.2, 0.25) is 0 Å². The van der Waals surface area contributed by atoms with Crippen LogP contribution < -0.4 is 0 Å². The van der Waals surface area contributed by atoms with E-state index in [1.54, 1.807) is 30.0 Å². The Morgan fingerprint density at radius 1 is 1.15 bits per heavy atom. The molecule has 144 valence electrons. The van der Waals surface area contributed by atoms with E-state index in [9.17, 15) is 14.0 Å². The van der Waals surface area contributed by atoms with Gasteiger partial charge in [0.2, 0.25) is 0 Å². The minimum absolute atomic E-state index is 0.224. The molecule has 0 radical (unpaired) electrons. The molecule has 0 aliphatic carbocycles. The summed E-state index contributed by atoms with van der Waals surface area (Å²) in [5.74, 6) is -0.927. The van der Waals surface area contributed by atoms with Crippen LogP contribution in [0.1, 0.15) is 39.3 Å². The van der Waals surface area contributed by atoms with Crippen LogP contribution in [0, 0.1) is 5.82 Å². The third kappa shape index (κ3) is 5.17. The lowest BCUT2D eigenvalue weighted by Gasteiger charge is -2.38. The second-order valence-electron chi connectivity index (χ2n) is 7.18. The maximum absolute atomic E-state index is 14.3. The van der Waals surface area contributed by atoms with Crippen molar-refractivity contribution in [3.63, 3.8) is 0 Å². The number of nitrogens with zero attached hydrogens (tertiary/aromatic N) is 2. The van der Waals surface area contributed by atoms with Crippen molar-refractivity contribution < 1.29 is 23.5 Å². The SMILES string of the molecule is CCOC(=O)C(c1ccccc1F)N1CCN(C(=O)OC(C)(C)C)CC1. The minimum Gasteiger partial charge on any atom is -0.465 e. The summed E-state index contributed by atoms with van der Waals surface area (Å²) in [6.07, 6.45) is -0.379. The number of benzene rings is 1. The number of ether oxygens (including phenoxy) is 2. The highest BCUT2D eigenvalue weighted by atomic mass is 19.1. The Balaban J connectivity index is 2.11. The van der Waals surface area contributed by atoms with Gasteiger partial charge in [0.05, 0.1) is 6.61 Å². The van der Waals surface area contributed by atoms with Crippen molar-refractivity contribution in [1.29, 1.82) is 0 Å². The summed E-state index contributed by atoms with van der Waals surface area (Å²) >= 11 is 0. The average molecular weight is 366 g/mol. The van der Waals surface area contributed by atoms with E-state index >= 15 is 0 Å². The molecular formula is C19H27FN2O4. The molecule has 6 nitrogen and oxygen atoms in total. The Hall–Kier alpha value is -2.15. The van der Waals surface area contributed by atoms with Gasteiger partial charge in [-0.2, -0.15) is 0 Å². The fraction of sp³-hybridized carbons (Fsp3) is 0.579. The summed E-state index contributed by atoms with van der Waals surface area (Å²) < 4.78 is 24.8. The van der Waals surface area contributed by atoms with Gasteiger partial charge in [-0.25, -0.2) is 14.0 Å². The zero-order valence-corrected chi connectivity index (χ0v) is 15.8. The maximum atomic E-state index is 14.3. The van der Waals surface area contributed by atoms with E-state index in [-0.39, 0.29) is 18.3 Å². The minimum atomic E-state index is -0.822. The standard InChI is InChI=1S/C19H27FN2O4/c1-5-25-17(23)16(14-8-6-7-9-15(14)20)21-10-12-22(13-11-21)18(24)26-19(2,3)4/h6-9,16H,5,10-13H2,1-4H3. The lowest BCUT2D eigenvalue weighted by atomic mass is 10.0. The van der Waals surface area contributed by atoms with Gasteiger partial charge >= 0.3 is 12.1 Å². The van der Waals surface area contributed by atoms with Crippen LogP contribution >= 0.6 is 0 Å². The molecule has 1 heterocycles. The van der Waals surface area contributed by atoms with E-state index in [1.165, 1.54) is 6.07 Å². The fourth-order valence-electron chi connectivity index (χ4n) is 2.88. The highest BCUT2D eigenvalue weighted by molar-refractivity contribution is 5.78. The van der Waals surface area contributed by atoms with Gasteiger partial charge < -0.3 is 14.4 Å². The summed E-state index contributed by atoms with van der Waals surface area (Å²) in [5, 5.41) is 0. The molecule has 1 unspecified atom stereocenters. The van der Waals surface area contributed by atoms with E-state index < -0.39 is 23.4 Å². The molecule has 0 saturated carbocycles. The molecule has 0 N–H and O–H groups in total. The number of hydrogen-bond acceptors (Lipinski definition) is 5. The second kappa shape index (κ2) is 8.49. The molecule has 1 aliphatic rings. The average Bonchev–Trinajstić information content (AvgIpc) is 2.56. The van der Waals surface area contributed by atoms with Crippen molar-refractivity contribution in [1.82, 2.24) is 9.80 Å². The largest absolute Gasteiger partial charge is 0.465 e. The molecule has 0 bridgehead atoms. The number of piperazine rings is 1. The van der Waals surface area contributed by atoms with Gasteiger partial charge in [0.1, 0.15) is 17.5 Å².